The number of carbonyl (C=O) groups excluding carboxylic acids is 1. The Hall–Kier alpha value is -2.34. The zero-order chi connectivity index (χ0) is 16.4. The second-order valence-electron chi connectivity index (χ2n) is 5.27. The molecular weight excluding hydrogens is 318 g/mol. The summed E-state index contributed by atoms with van der Waals surface area (Å²) in [6.07, 6.45) is 0.203. The molecule has 3 rings (SSSR count). The number of aromatic nitrogens is 1. The number of nitrogens with zero attached hydrogens (tertiary/aromatic N) is 1. The van der Waals surface area contributed by atoms with E-state index in [1.54, 1.807) is 0 Å². The van der Waals surface area contributed by atoms with Gasteiger partial charge in [-0.05, 0) is 54.8 Å². The minimum Gasteiger partial charge on any atom is -0.302 e. The third kappa shape index (κ3) is 3.71. The Balaban J connectivity index is 1.65. The Bertz CT molecular complexity index is 876. The SMILES string of the molecule is Cc1ccc2nc(NC(=O)CCc3cc(F)ccc3F)sc2c1. The minimum atomic E-state index is -0.511. The van der Waals surface area contributed by atoms with Crippen LogP contribution in [0.1, 0.15) is 17.5 Å². The molecule has 0 saturated carbocycles. The Morgan fingerprint density at radius 3 is 2.87 bits per heavy atom. The fourth-order valence-corrected chi connectivity index (χ4v) is 3.23. The van der Waals surface area contributed by atoms with Crippen LogP contribution < -0.4 is 5.32 Å². The number of benzene rings is 2. The number of halogens is 2. The topological polar surface area (TPSA) is 42.0 Å². The largest absolute Gasteiger partial charge is 0.302 e. The zero-order valence-corrected chi connectivity index (χ0v) is 13.2. The van der Waals surface area contributed by atoms with Crippen LogP contribution in [0.5, 0.6) is 0 Å². The third-order valence-corrected chi connectivity index (χ3v) is 4.35. The fourth-order valence-electron chi connectivity index (χ4n) is 2.25. The smallest absolute Gasteiger partial charge is 0.226 e. The number of amides is 1. The Labute approximate surface area is 136 Å². The normalized spacial score (nSPS) is 10.9. The average molecular weight is 332 g/mol. The van der Waals surface area contributed by atoms with Gasteiger partial charge in [-0.1, -0.05) is 17.4 Å². The predicted molar refractivity (Wildman–Crippen MR) is 87.7 cm³/mol. The quantitative estimate of drug-likeness (QED) is 0.767. The van der Waals surface area contributed by atoms with E-state index in [0.717, 1.165) is 34.0 Å². The van der Waals surface area contributed by atoms with E-state index >= 15 is 0 Å². The van der Waals surface area contributed by atoms with Crippen LogP contribution >= 0.6 is 11.3 Å². The van der Waals surface area contributed by atoms with E-state index < -0.39 is 11.6 Å². The summed E-state index contributed by atoms with van der Waals surface area (Å²) in [7, 11) is 0. The Kier molecular flexibility index (Phi) is 4.34. The van der Waals surface area contributed by atoms with Crippen molar-refractivity contribution in [2.75, 3.05) is 5.32 Å². The second kappa shape index (κ2) is 6.42. The summed E-state index contributed by atoms with van der Waals surface area (Å²) in [5.41, 5.74) is 2.15. The van der Waals surface area contributed by atoms with Crippen LogP contribution in [-0.2, 0) is 11.2 Å². The predicted octanol–water partition coefficient (Wildman–Crippen LogP) is 4.45. The van der Waals surface area contributed by atoms with Gasteiger partial charge in [-0.2, -0.15) is 0 Å². The Morgan fingerprint density at radius 1 is 1.22 bits per heavy atom. The van der Waals surface area contributed by atoms with Crippen molar-refractivity contribution in [3.05, 3.63) is 59.2 Å². The molecule has 0 unspecified atom stereocenters. The number of fused-ring (bicyclic) bond motifs is 1. The van der Waals surface area contributed by atoms with Crippen molar-refractivity contribution in [3.63, 3.8) is 0 Å². The highest BCUT2D eigenvalue weighted by molar-refractivity contribution is 7.22. The van der Waals surface area contributed by atoms with Gasteiger partial charge in [-0.15, -0.1) is 0 Å². The molecule has 0 aliphatic rings. The highest BCUT2D eigenvalue weighted by Crippen LogP contribution is 2.26. The van der Waals surface area contributed by atoms with Crippen molar-refractivity contribution in [1.82, 2.24) is 4.98 Å². The summed E-state index contributed by atoms with van der Waals surface area (Å²) in [6.45, 7) is 1.99. The molecule has 0 atom stereocenters. The van der Waals surface area contributed by atoms with Gasteiger partial charge < -0.3 is 5.32 Å². The molecule has 0 aliphatic carbocycles. The summed E-state index contributed by atoms with van der Waals surface area (Å²) in [5.74, 6) is -1.29. The van der Waals surface area contributed by atoms with Gasteiger partial charge >= 0.3 is 0 Å². The van der Waals surface area contributed by atoms with Gasteiger partial charge in [-0.3, -0.25) is 4.79 Å². The van der Waals surface area contributed by atoms with Gasteiger partial charge in [0, 0.05) is 6.42 Å². The number of hydrogen-bond acceptors (Lipinski definition) is 3. The maximum Gasteiger partial charge on any atom is 0.226 e. The van der Waals surface area contributed by atoms with Crippen LogP contribution in [0.2, 0.25) is 0 Å². The first-order valence-corrected chi connectivity index (χ1v) is 7.94. The summed E-state index contributed by atoms with van der Waals surface area (Å²) >= 11 is 1.39. The number of thiazole rings is 1. The first-order valence-electron chi connectivity index (χ1n) is 7.12. The fraction of sp³-hybridized carbons (Fsp3) is 0.176. The number of carbonyl (C=O) groups is 1. The van der Waals surface area contributed by atoms with Crippen LogP contribution in [0.25, 0.3) is 10.2 Å². The van der Waals surface area contributed by atoms with Gasteiger partial charge in [0.1, 0.15) is 11.6 Å². The van der Waals surface area contributed by atoms with Crippen LogP contribution in [0.3, 0.4) is 0 Å². The lowest BCUT2D eigenvalue weighted by atomic mass is 10.1. The van der Waals surface area contributed by atoms with Crippen LogP contribution in [0.15, 0.2) is 36.4 Å². The summed E-state index contributed by atoms with van der Waals surface area (Å²) < 4.78 is 27.6. The van der Waals surface area contributed by atoms with Crippen LogP contribution in [0.4, 0.5) is 13.9 Å². The molecule has 3 nitrogen and oxygen atoms in total. The highest BCUT2D eigenvalue weighted by Gasteiger charge is 2.10. The maximum atomic E-state index is 13.5. The Morgan fingerprint density at radius 2 is 2.04 bits per heavy atom. The standard InChI is InChI=1S/C17H14F2N2OS/c1-10-2-6-14-15(8-10)23-17(20-14)21-16(22)7-3-11-9-12(18)4-5-13(11)19/h2,4-6,8-9H,3,7H2,1H3,(H,20,21,22). The summed E-state index contributed by atoms with van der Waals surface area (Å²) in [4.78, 5) is 16.3. The lowest BCUT2D eigenvalue weighted by Gasteiger charge is -2.03. The van der Waals surface area contributed by atoms with Crippen molar-refractivity contribution >= 4 is 32.6 Å². The average Bonchev–Trinajstić information content (AvgIpc) is 2.89. The molecule has 0 spiro atoms. The van der Waals surface area contributed by atoms with Gasteiger partial charge in [0.15, 0.2) is 5.13 Å². The molecular formula is C17H14F2N2OS. The van der Waals surface area contributed by atoms with Crippen molar-refractivity contribution in [2.45, 2.75) is 19.8 Å². The molecule has 1 N–H and O–H groups in total. The van der Waals surface area contributed by atoms with Gasteiger partial charge in [-0.25, -0.2) is 13.8 Å². The molecule has 23 heavy (non-hydrogen) atoms. The van der Waals surface area contributed by atoms with Gasteiger partial charge in [0.05, 0.1) is 10.2 Å². The lowest BCUT2D eigenvalue weighted by Crippen LogP contribution is -2.12. The monoisotopic (exact) mass is 332 g/mol. The van der Waals surface area contributed by atoms with E-state index in [1.165, 1.54) is 11.3 Å². The number of rotatable bonds is 4. The van der Waals surface area contributed by atoms with Crippen molar-refractivity contribution in [3.8, 4) is 0 Å². The number of anilines is 1. The van der Waals surface area contributed by atoms with E-state index in [1.807, 2.05) is 25.1 Å². The van der Waals surface area contributed by atoms with E-state index in [2.05, 4.69) is 10.3 Å². The highest BCUT2D eigenvalue weighted by atomic mass is 32.1. The second-order valence-corrected chi connectivity index (χ2v) is 6.30. The first kappa shape index (κ1) is 15.6. The molecule has 0 bridgehead atoms. The molecule has 0 saturated heterocycles. The number of nitrogens with one attached hydrogen (secondary N) is 1. The number of hydrogen-bond donors (Lipinski definition) is 1. The van der Waals surface area contributed by atoms with Crippen LogP contribution in [0, 0.1) is 18.6 Å². The molecule has 1 aromatic heterocycles. The molecule has 3 aromatic rings. The van der Waals surface area contributed by atoms with E-state index in [9.17, 15) is 13.6 Å². The molecule has 1 heterocycles. The minimum absolute atomic E-state index is 0.0648. The molecule has 0 fully saturated rings. The van der Waals surface area contributed by atoms with Crippen molar-refractivity contribution < 1.29 is 13.6 Å². The van der Waals surface area contributed by atoms with Crippen LogP contribution in [-0.4, -0.2) is 10.9 Å². The van der Waals surface area contributed by atoms with Gasteiger partial charge in [0.25, 0.3) is 0 Å². The van der Waals surface area contributed by atoms with Gasteiger partial charge in [0.2, 0.25) is 5.91 Å². The molecule has 118 valence electrons. The van der Waals surface area contributed by atoms with E-state index in [0.29, 0.717) is 5.13 Å². The summed E-state index contributed by atoms with van der Waals surface area (Å²) in [5, 5.41) is 3.22. The molecule has 0 radical (unpaired) electrons. The number of aryl methyl sites for hydroxylation is 2. The lowest BCUT2D eigenvalue weighted by molar-refractivity contribution is -0.116. The molecule has 0 aliphatic heterocycles. The summed E-state index contributed by atoms with van der Waals surface area (Å²) in [6, 6.07) is 9.10. The van der Waals surface area contributed by atoms with E-state index in [-0.39, 0.29) is 24.3 Å². The van der Waals surface area contributed by atoms with Crippen molar-refractivity contribution in [1.29, 1.82) is 0 Å². The third-order valence-electron chi connectivity index (χ3n) is 3.42. The first-order chi connectivity index (χ1) is 11.0. The zero-order valence-electron chi connectivity index (χ0n) is 12.4. The molecule has 6 heteroatoms. The van der Waals surface area contributed by atoms with Crippen molar-refractivity contribution in [2.24, 2.45) is 0 Å². The van der Waals surface area contributed by atoms with E-state index in [4.69, 9.17) is 0 Å². The maximum absolute atomic E-state index is 13.5. The molecule has 1 amide bonds. The molecule has 2 aromatic carbocycles.